The third-order valence-electron chi connectivity index (χ3n) is 5.33. The van der Waals surface area contributed by atoms with Crippen molar-refractivity contribution >= 4 is 28.8 Å². The molecule has 3 aromatic carbocycles. The van der Waals surface area contributed by atoms with Crippen molar-refractivity contribution in [2.75, 3.05) is 16.8 Å². The Labute approximate surface area is 188 Å². The summed E-state index contributed by atoms with van der Waals surface area (Å²) in [6.45, 7) is 4.69. The molecule has 0 aromatic heterocycles. The Balaban J connectivity index is 1.73. The van der Waals surface area contributed by atoms with Crippen LogP contribution in [0.25, 0.3) is 5.57 Å². The van der Waals surface area contributed by atoms with Crippen LogP contribution in [-0.4, -0.2) is 18.4 Å². The van der Waals surface area contributed by atoms with Gasteiger partial charge in [-0.25, -0.2) is 4.90 Å². The van der Waals surface area contributed by atoms with E-state index in [4.69, 9.17) is 4.74 Å². The Hall–Kier alpha value is -3.86. The lowest BCUT2D eigenvalue weighted by molar-refractivity contribution is -0.120. The SMILES string of the molecule is CCCOc1cccc(N2C(=O)C(Nc3ccc(CC)cc3)=C(c3ccccc3)C2=O)c1. The molecule has 0 bridgehead atoms. The molecule has 162 valence electrons. The number of aryl methyl sites for hydroxylation is 1. The topological polar surface area (TPSA) is 58.6 Å². The molecule has 1 aliphatic rings. The first-order valence-electron chi connectivity index (χ1n) is 10.9. The Morgan fingerprint density at radius 3 is 2.28 bits per heavy atom. The summed E-state index contributed by atoms with van der Waals surface area (Å²) in [6.07, 6.45) is 1.80. The molecule has 0 aliphatic carbocycles. The molecule has 1 heterocycles. The van der Waals surface area contributed by atoms with E-state index in [0.29, 0.717) is 29.2 Å². The minimum Gasteiger partial charge on any atom is -0.494 e. The molecule has 4 rings (SSSR count). The predicted octanol–water partition coefficient (Wildman–Crippen LogP) is 5.43. The predicted molar refractivity (Wildman–Crippen MR) is 128 cm³/mol. The number of carbonyl (C=O) groups is 2. The van der Waals surface area contributed by atoms with Crippen LogP contribution in [-0.2, 0) is 16.0 Å². The van der Waals surface area contributed by atoms with E-state index >= 15 is 0 Å². The van der Waals surface area contributed by atoms with Gasteiger partial charge in [0.05, 0.1) is 17.9 Å². The number of imide groups is 1. The van der Waals surface area contributed by atoms with Gasteiger partial charge in [-0.2, -0.15) is 0 Å². The molecule has 2 amide bonds. The Bertz CT molecular complexity index is 1150. The lowest BCUT2D eigenvalue weighted by atomic mass is 10.0. The minimum atomic E-state index is -0.388. The van der Waals surface area contributed by atoms with E-state index in [9.17, 15) is 9.59 Å². The van der Waals surface area contributed by atoms with Crippen molar-refractivity contribution in [1.29, 1.82) is 0 Å². The summed E-state index contributed by atoms with van der Waals surface area (Å²) in [7, 11) is 0. The monoisotopic (exact) mass is 426 g/mol. The highest BCUT2D eigenvalue weighted by atomic mass is 16.5. The molecule has 0 atom stereocenters. The molecular formula is C27H26N2O3. The molecule has 3 aromatic rings. The number of benzene rings is 3. The average Bonchev–Trinajstić information content (AvgIpc) is 3.08. The molecule has 0 saturated heterocycles. The number of carbonyl (C=O) groups excluding carboxylic acids is 2. The molecule has 0 spiro atoms. The Kier molecular flexibility index (Phi) is 6.36. The summed E-state index contributed by atoms with van der Waals surface area (Å²) >= 11 is 0. The zero-order chi connectivity index (χ0) is 22.5. The maximum Gasteiger partial charge on any atom is 0.282 e. The summed E-state index contributed by atoms with van der Waals surface area (Å²) in [6, 6.07) is 24.2. The van der Waals surface area contributed by atoms with E-state index < -0.39 is 0 Å². The lowest BCUT2D eigenvalue weighted by Crippen LogP contribution is -2.32. The van der Waals surface area contributed by atoms with Crippen LogP contribution in [0, 0.1) is 0 Å². The molecule has 5 nitrogen and oxygen atoms in total. The maximum absolute atomic E-state index is 13.5. The second kappa shape index (κ2) is 9.52. The van der Waals surface area contributed by atoms with E-state index in [-0.39, 0.29) is 17.5 Å². The molecule has 1 N–H and O–H groups in total. The fraction of sp³-hybridized carbons (Fsp3) is 0.185. The summed E-state index contributed by atoms with van der Waals surface area (Å²) in [5, 5.41) is 3.21. The summed E-state index contributed by atoms with van der Waals surface area (Å²) < 4.78 is 5.70. The fourth-order valence-electron chi connectivity index (χ4n) is 3.65. The third kappa shape index (κ3) is 4.28. The Morgan fingerprint density at radius 1 is 0.844 bits per heavy atom. The fourth-order valence-corrected chi connectivity index (χ4v) is 3.65. The zero-order valence-electron chi connectivity index (χ0n) is 18.3. The summed E-state index contributed by atoms with van der Waals surface area (Å²) in [4.78, 5) is 28.2. The van der Waals surface area contributed by atoms with E-state index in [0.717, 1.165) is 18.5 Å². The second-order valence-corrected chi connectivity index (χ2v) is 7.58. The molecule has 0 radical (unpaired) electrons. The molecule has 0 fully saturated rings. The van der Waals surface area contributed by atoms with Crippen molar-refractivity contribution in [2.45, 2.75) is 26.7 Å². The van der Waals surface area contributed by atoms with Gasteiger partial charge >= 0.3 is 0 Å². The van der Waals surface area contributed by atoms with Gasteiger partial charge in [-0.1, -0.05) is 62.4 Å². The second-order valence-electron chi connectivity index (χ2n) is 7.58. The molecule has 0 unspecified atom stereocenters. The lowest BCUT2D eigenvalue weighted by Gasteiger charge is -2.16. The van der Waals surface area contributed by atoms with E-state index in [1.807, 2.05) is 67.6 Å². The molecular weight excluding hydrogens is 400 g/mol. The van der Waals surface area contributed by atoms with Crippen LogP contribution in [0.2, 0.25) is 0 Å². The average molecular weight is 427 g/mol. The van der Waals surface area contributed by atoms with Crippen molar-refractivity contribution in [3.8, 4) is 5.75 Å². The van der Waals surface area contributed by atoms with Crippen LogP contribution in [0.4, 0.5) is 11.4 Å². The summed E-state index contributed by atoms with van der Waals surface area (Å²) in [5.74, 6) is -0.120. The normalized spacial score (nSPS) is 13.6. The van der Waals surface area contributed by atoms with Crippen molar-refractivity contribution in [3.05, 3.63) is 95.7 Å². The van der Waals surface area contributed by atoms with Crippen LogP contribution >= 0.6 is 0 Å². The first kappa shape index (κ1) is 21.4. The van der Waals surface area contributed by atoms with Gasteiger partial charge in [-0.15, -0.1) is 0 Å². The first-order chi connectivity index (χ1) is 15.6. The quantitative estimate of drug-likeness (QED) is 0.488. The number of hydrogen-bond donors (Lipinski definition) is 1. The minimum absolute atomic E-state index is 0.269. The number of amides is 2. The standard InChI is InChI=1S/C27H26N2O3/c1-3-17-32-23-12-8-11-22(18-23)29-26(30)24(20-9-6-5-7-10-20)25(27(29)31)28-21-15-13-19(4-2)14-16-21/h5-16,18,28H,3-4,17H2,1-2H3. The van der Waals surface area contributed by atoms with Crippen LogP contribution in [0.3, 0.4) is 0 Å². The van der Waals surface area contributed by atoms with Gasteiger partial charge in [0, 0.05) is 11.8 Å². The highest BCUT2D eigenvalue weighted by Gasteiger charge is 2.40. The number of anilines is 2. The van der Waals surface area contributed by atoms with Crippen molar-refractivity contribution < 1.29 is 14.3 Å². The largest absolute Gasteiger partial charge is 0.494 e. The first-order valence-corrected chi connectivity index (χ1v) is 10.9. The number of ether oxygens (including phenoxy) is 1. The maximum atomic E-state index is 13.5. The van der Waals surface area contributed by atoms with Gasteiger partial charge in [-0.3, -0.25) is 9.59 Å². The van der Waals surface area contributed by atoms with Gasteiger partial charge < -0.3 is 10.1 Å². The smallest absolute Gasteiger partial charge is 0.282 e. The highest BCUT2D eigenvalue weighted by molar-refractivity contribution is 6.46. The van der Waals surface area contributed by atoms with Gasteiger partial charge in [0.1, 0.15) is 11.4 Å². The van der Waals surface area contributed by atoms with Crippen LogP contribution in [0.5, 0.6) is 5.75 Å². The number of rotatable bonds is 8. The van der Waals surface area contributed by atoms with Crippen LogP contribution in [0.1, 0.15) is 31.4 Å². The van der Waals surface area contributed by atoms with Gasteiger partial charge in [-0.05, 0) is 48.2 Å². The van der Waals surface area contributed by atoms with Gasteiger partial charge in [0.25, 0.3) is 11.8 Å². The number of nitrogens with zero attached hydrogens (tertiary/aromatic N) is 1. The van der Waals surface area contributed by atoms with E-state index in [2.05, 4.69) is 12.2 Å². The number of nitrogens with one attached hydrogen (secondary N) is 1. The van der Waals surface area contributed by atoms with Gasteiger partial charge in [0.15, 0.2) is 0 Å². The molecule has 0 saturated carbocycles. The Morgan fingerprint density at radius 2 is 1.59 bits per heavy atom. The molecule has 32 heavy (non-hydrogen) atoms. The van der Waals surface area contributed by atoms with E-state index in [1.165, 1.54) is 10.5 Å². The van der Waals surface area contributed by atoms with Crippen LogP contribution in [0.15, 0.2) is 84.6 Å². The highest BCUT2D eigenvalue weighted by Crippen LogP contribution is 2.34. The number of hydrogen-bond acceptors (Lipinski definition) is 4. The summed E-state index contributed by atoms with van der Waals surface area (Å²) in [5.41, 5.74) is 3.76. The van der Waals surface area contributed by atoms with E-state index in [1.54, 1.807) is 18.2 Å². The third-order valence-corrected chi connectivity index (χ3v) is 5.33. The van der Waals surface area contributed by atoms with Gasteiger partial charge in [0.2, 0.25) is 0 Å². The van der Waals surface area contributed by atoms with Crippen molar-refractivity contribution in [3.63, 3.8) is 0 Å². The van der Waals surface area contributed by atoms with Crippen molar-refractivity contribution in [2.24, 2.45) is 0 Å². The molecule has 1 aliphatic heterocycles. The zero-order valence-corrected chi connectivity index (χ0v) is 18.3. The molecule has 5 heteroatoms. The van der Waals surface area contributed by atoms with Crippen LogP contribution < -0.4 is 15.0 Å². The van der Waals surface area contributed by atoms with Crippen molar-refractivity contribution in [1.82, 2.24) is 0 Å².